The quantitative estimate of drug-likeness (QED) is 0.929. The van der Waals surface area contributed by atoms with Crippen LogP contribution in [0.3, 0.4) is 0 Å². The normalized spacial score (nSPS) is 19.3. The largest absolute Gasteiger partial charge is 0.396 e. The molecule has 18 heavy (non-hydrogen) atoms. The van der Waals surface area contributed by atoms with E-state index >= 15 is 0 Å². The number of carbonyl (C=O) groups is 1. The second kappa shape index (κ2) is 5.91. The first-order valence-electron chi connectivity index (χ1n) is 5.97. The average Bonchev–Trinajstić information content (AvgIpc) is 2.81. The van der Waals surface area contributed by atoms with Crippen molar-refractivity contribution in [2.45, 2.75) is 12.8 Å². The molecule has 0 radical (unpaired) electrons. The highest BCUT2D eigenvalue weighted by Gasteiger charge is 2.26. The Balaban J connectivity index is 2.05. The molecule has 2 rings (SSSR count). The number of hydrogen-bond acceptors (Lipinski definition) is 2. The van der Waals surface area contributed by atoms with E-state index in [9.17, 15) is 4.79 Å². The van der Waals surface area contributed by atoms with Gasteiger partial charge in [-0.15, -0.1) is 0 Å². The minimum absolute atomic E-state index is 0.0194. The van der Waals surface area contributed by atoms with E-state index in [1.807, 2.05) is 0 Å². The number of likely N-dealkylation sites (tertiary alicyclic amines) is 1. The third-order valence-electron chi connectivity index (χ3n) is 3.28. The molecule has 1 N–H and O–H groups in total. The van der Waals surface area contributed by atoms with E-state index < -0.39 is 0 Å². The molecule has 1 atom stereocenters. The van der Waals surface area contributed by atoms with E-state index in [1.165, 1.54) is 0 Å². The van der Waals surface area contributed by atoms with Crippen LogP contribution in [0, 0.1) is 5.92 Å². The molecule has 1 unspecified atom stereocenters. The summed E-state index contributed by atoms with van der Waals surface area (Å²) in [5.74, 6) is 0.385. The Hall–Kier alpha value is -0.770. The van der Waals surface area contributed by atoms with Crippen LogP contribution in [0.25, 0.3) is 0 Å². The molecule has 1 amide bonds. The van der Waals surface area contributed by atoms with Gasteiger partial charge in [0.2, 0.25) is 0 Å². The zero-order chi connectivity index (χ0) is 13.1. The molecule has 0 saturated carbocycles. The fourth-order valence-electron chi connectivity index (χ4n) is 2.25. The number of benzene rings is 1. The first-order chi connectivity index (χ1) is 8.61. The van der Waals surface area contributed by atoms with E-state index in [2.05, 4.69) is 0 Å². The number of halogens is 2. The second-order valence-electron chi connectivity index (χ2n) is 4.55. The van der Waals surface area contributed by atoms with E-state index in [1.54, 1.807) is 23.1 Å². The summed E-state index contributed by atoms with van der Waals surface area (Å²) in [6.45, 7) is 1.63. The van der Waals surface area contributed by atoms with Crippen LogP contribution in [0.1, 0.15) is 23.2 Å². The highest BCUT2D eigenvalue weighted by Crippen LogP contribution is 2.25. The molecule has 1 fully saturated rings. The molecule has 1 aliphatic heterocycles. The number of aliphatic hydroxyl groups excluding tert-OH is 1. The summed E-state index contributed by atoms with van der Waals surface area (Å²) in [6.07, 6.45) is 1.71. The van der Waals surface area contributed by atoms with E-state index in [0.717, 1.165) is 19.4 Å². The monoisotopic (exact) mass is 287 g/mol. The van der Waals surface area contributed by atoms with Crippen LogP contribution < -0.4 is 0 Å². The maximum atomic E-state index is 12.2. The summed E-state index contributed by atoms with van der Waals surface area (Å²) in [5, 5.41) is 9.75. The van der Waals surface area contributed by atoms with Crippen LogP contribution in [0.15, 0.2) is 18.2 Å². The van der Waals surface area contributed by atoms with Crippen molar-refractivity contribution in [2.24, 2.45) is 5.92 Å². The van der Waals surface area contributed by atoms with Gasteiger partial charge >= 0.3 is 0 Å². The minimum Gasteiger partial charge on any atom is -0.396 e. The van der Waals surface area contributed by atoms with Crippen LogP contribution in [0.4, 0.5) is 0 Å². The summed E-state index contributed by atoms with van der Waals surface area (Å²) in [6, 6.07) is 4.93. The SMILES string of the molecule is O=C(c1ccc(Cl)c(Cl)c1)N1CCC(CCO)C1. The average molecular weight is 288 g/mol. The number of rotatable bonds is 3. The maximum absolute atomic E-state index is 12.2. The predicted octanol–water partition coefficient (Wildman–Crippen LogP) is 2.84. The fourth-order valence-corrected chi connectivity index (χ4v) is 2.55. The van der Waals surface area contributed by atoms with Gasteiger partial charge in [0.05, 0.1) is 10.0 Å². The number of aliphatic hydroxyl groups is 1. The molecule has 0 spiro atoms. The van der Waals surface area contributed by atoms with Crippen molar-refractivity contribution in [3.8, 4) is 0 Å². The smallest absolute Gasteiger partial charge is 0.253 e. The van der Waals surface area contributed by atoms with Gasteiger partial charge in [0, 0.05) is 25.3 Å². The molecule has 0 aromatic heterocycles. The third-order valence-corrected chi connectivity index (χ3v) is 4.02. The first-order valence-corrected chi connectivity index (χ1v) is 6.72. The zero-order valence-corrected chi connectivity index (χ0v) is 11.4. The molecule has 1 aromatic carbocycles. The lowest BCUT2D eigenvalue weighted by Crippen LogP contribution is -2.28. The highest BCUT2D eigenvalue weighted by atomic mass is 35.5. The van der Waals surface area contributed by atoms with Crippen molar-refractivity contribution in [2.75, 3.05) is 19.7 Å². The molecule has 1 heterocycles. The number of hydrogen-bond donors (Lipinski definition) is 1. The van der Waals surface area contributed by atoms with Crippen molar-refractivity contribution >= 4 is 29.1 Å². The predicted molar refractivity (Wildman–Crippen MR) is 72.2 cm³/mol. The van der Waals surface area contributed by atoms with Crippen LogP contribution in [-0.4, -0.2) is 35.6 Å². The number of carbonyl (C=O) groups excluding carboxylic acids is 1. The Kier molecular flexibility index (Phi) is 4.49. The van der Waals surface area contributed by atoms with Crippen LogP contribution >= 0.6 is 23.2 Å². The van der Waals surface area contributed by atoms with Gasteiger partial charge in [-0.1, -0.05) is 23.2 Å². The first kappa shape index (κ1) is 13.7. The maximum Gasteiger partial charge on any atom is 0.253 e. The fraction of sp³-hybridized carbons (Fsp3) is 0.462. The van der Waals surface area contributed by atoms with Crippen LogP contribution in [-0.2, 0) is 0 Å². The molecule has 0 aliphatic carbocycles. The van der Waals surface area contributed by atoms with Crippen molar-refractivity contribution < 1.29 is 9.90 Å². The molecular formula is C13H15Cl2NO2. The van der Waals surface area contributed by atoms with Crippen molar-refractivity contribution in [3.05, 3.63) is 33.8 Å². The van der Waals surface area contributed by atoms with Gasteiger partial charge < -0.3 is 10.0 Å². The minimum atomic E-state index is -0.0194. The second-order valence-corrected chi connectivity index (χ2v) is 5.36. The summed E-state index contributed by atoms with van der Waals surface area (Å²) in [7, 11) is 0. The molecular weight excluding hydrogens is 273 g/mol. The van der Waals surface area contributed by atoms with Gasteiger partial charge in [-0.05, 0) is 37.0 Å². The van der Waals surface area contributed by atoms with Gasteiger partial charge in [-0.3, -0.25) is 4.79 Å². The molecule has 98 valence electrons. The number of amides is 1. The summed E-state index contributed by atoms with van der Waals surface area (Å²) >= 11 is 11.7. The molecule has 1 saturated heterocycles. The molecule has 5 heteroatoms. The van der Waals surface area contributed by atoms with Crippen LogP contribution in [0.5, 0.6) is 0 Å². The number of nitrogens with zero attached hydrogens (tertiary/aromatic N) is 1. The highest BCUT2D eigenvalue weighted by molar-refractivity contribution is 6.42. The molecule has 0 bridgehead atoms. The van der Waals surface area contributed by atoms with Gasteiger partial charge in [0.25, 0.3) is 5.91 Å². The lowest BCUT2D eigenvalue weighted by Gasteiger charge is -2.16. The van der Waals surface area contributed by atoms with Gasteiger partial charge in [-0.2, -0.15) is 0 Å². The summed E-state index contributed by atoms with van der Waals surface area (Å²) < 4.78 is 0. The summed E-state index contributed by atoms with van der Waals surface area (Å²) in [4.78, 5) is 14.0. The Morgan fingerprint density at radius 1 is 1.39 bits per heavy atom. The van der Waals surface area contributed by atoms with Crippen molar-refractivity contribution in [1.82, 2.24) is 4.90 Å². The standard InChI is InChI=1S/C13H15Cl2NO2/c14-11-2-1-10(7-12(11)15)13(18)16-5-3-9(8-16)4-6-17/h1-2,7,9,17H,3-6,8H2. The van der Waals surface area contributed by atoms with Crippen molar-refractivity contribution in [1.29, 1.82) is 0 Å². The Morgan fingerprint density at radius 3 is 2.83 bits per heavy atom. The van der Waals surface area contributed by atoms with Crippen molar-refractivity contribution in [3.63, 3.8) is 0 Å². The summed E-state index contributed by atoms with van der Waals surface area (Å²) in [5.41, 5.74) is 0.564. The topological polar surface area (TPSA) is 40.5 Å². The molecule has 1 aromatic rings. The van der Waals surface area contributed by atoms with Crippen LogP contribution in [0.2, 0.25) is 10.0 Å². The Morgan fingerprint density at radius 2 is 2.17 bits per heavy atom. The van der Waals surface area contributed by atoms with E-state index in [0.29, 0.717) is 28.1 Å². The van der Waals surface area contributed by atoms with Gasteiger partial charge in [0.1, 0.15) is 0 Å². The van der Waals surface area contributed by atoms with E-state index in [4.69, 9.17) is 28.3 Å². The lowest BCUT2D eigenvalue weighted by atomic mass is 10.1. The Labute approximate surface area is 116 Å². The third kappa shape index (κ3) is 2.97. The lowest BCUT2D eigenvalue weighted by molar-refractivity contribution is 0.0785. The van der Waals surface area contributed by atoms with Gasteiger partial charge in [-0.25, -0.2) is 0 Å². The Bertz CT molecular complexity index is 451. The zero-order valence-electron chi connectivity index (χ0n) is 9.90. The molecule has 3 nitrogen and oxygen atoms in total. The van der Waals surface area contributed by atoms with E-state index in [-0.39, 0.29) is 12.5 Å². The molecule has 1 aliphatic rings. The van der Waals surface area contributed by atoms with Gasteiger partial charge in [0.15, 0.2) is 0 Å².